The molecule has 2 aromatic carbocycles. The van der Waals surface area contributed by atoms with Gasteiger partial charge in [-0.1, -0.05) is 24.4 Å². The minimum Gasteiger partial charge on any atom is -0.490 e. The number of halogens is 1. The van der Waals surface area contributed by atoms with Gasteiger partial charge in [0.05, 0.1) is 11.1 Å². The van der Waals surface area contributed by atoms with Gasteiger partial charge in [-0.2, -0.15) is 0 Å². The van der Waals surface area contributed by atoms with Crippen molar-refractivity contribution in [1.29, 1.82) is 0 Å². The summed E-state index contributed by atoms with van der Waals surface area (Å²) >= 11 is 8.39. The molecule has 6 heteroatoms. The summed E-state index contributed by atoms with van der Waals surface area (Å²) in [6.45, 7) is 3.35. The predicted octanol–water partition coefficient (Wildman–Crippen LogP) is 3.94. The third kappa shape index (κ3) is 5.11. The molecule has 0 saturated carbocycles. The molecule has 0 aliphatic heterocycles. The predicted molar refractivity (Wildman–Crippen MR) is 98.6 cm³/mol. The Morgan fingerprint density at radius 1 is 1.00 bits per heavy atom. The van der Waals surface area contributed by atoms with E-state index in [0.717, 1.165) is 15.8 Å². The lowest BCUT2D eigenvalue weighted by Gasteiger charge is -2.13. The molecule has 2 rings (SSSR count). The molecular formula is C17H18BrNO3S. The molecule has 0 unspecified atom stereocenters. The fourth-order valence-electron chi connectivity index (χ4n) is 1.92. The van der Waals surface area contributed by atoms with Crippen molar-refractivity contribution < 1.29 is 14.2 Å². The first-order chi connectivity index (χ1) is 11.1. The van der Waals surface area contributed by atoms with Crippen LogP contribution < -0.4 is 19.9 Å². The second-order valence-corrected chi connectivity index (χ2v) is 5.88. The van der Waals surface area contributed by atoms with Crippen molar-refractivity contribution in [2.75, 3.05) is 19.8 Å². The fraction of sp³-hybridized carbons (Fsp3) is 0.235. The Morgan fingerprint density at radius 3 is 2.17 bits per heavy atom. The molecule has 0 aliphatic carbocycles. The molecule has 0 heterocycles. The van der Waals surface area contributed by atoms with E-state index in [9.17, 15) is 0 Å². The van der Waals surface area contributed by atoms with Crippen LogP contribution in [0.15, 0.2) is 46.9 Å². The molecule has 0 aliphatic rings. The SMILES string of the molecule is CCOc1ccccc1OCCOc1ccc(C(N)=S)cc1Br. The summed E-state index contributed by atoms with van der Waals surface area (Å²) in [4.78, 5) is 0.355. The maximum atomic E-state index is 5.71. The van der Waals surface area contributed by atoms with Crippen LogP contribution in [0.2, 0.25) is 0 Å². The van der Waals surface area contributed by atoms with E-state index >= 15 is 0 Å². The van der Waals surface area contributed by atoms with Gasteiger partial charge in [0.2, 0.25) is 0 Å². The van der Waals surface area contributed by atoms with E-state index in [4.69, 9.17) is 32.2 Å². The summed E-state index contributed by atoms with van der Waals surface area (Å²) in [7, 11) is 0. The molecule has 0 amide bonds. The quantitative estimate of drug-likeness (QED) is 0.541. The summed E-state index contributed by atoms with van der Waals surface area (Å²) < 4.78 is 17.7. The Bertz CT molecular complexity index is 679. The van der Waals surface area contributed by atoms with Gasteiger partial charge in [-0.15, -0.1) is 0 Å². The topological polar surface area (TPSA) is 53.7 Å². The maximum Gasteiger partial charge on any atom is 0.161 e. The lowest BCUT2D eigenvalue weighted by molar-refractivity contribution is 0.207. The zero-order chi connectivity index (χ0) is 16.7. The van der Waals surface area contributed by atoms with Gasteiger partial charge in [-0.3, -0.25) is 0 Å². The standard InChI is InChI=1S/C17H18BrNO3S/c1-2-20-15-5-3-4-6-16(15)22-10-9-21-14-8-7-12(17(19)23)11-13(14)18/h3-8,11H,2,9-10H2,1H3,(H2,19,23). The number of para-hydroxylation sites is 2. The Labute approximate surface area is 149 Å². The Hall–Kier alpha value is -1.79. The second kappa shape index (κ2) is 8.74. The molecule has 2 N–H and O–H groups in total. The first-order valence-corrected chi connectivity index (χ1v) is 8.38. The molecule has 0 spiro atoms. The maximum absolute atomic E-state index is 5.71. The minimum absolute atomic E-state index is 0.355. The smallest absolute Gasteiger partial charge is 0.161 e. The number of nitrogens with two attached hydrogens (primary N) is 1. The average molecular weight is 396 g/mol. The van der Waals surface area contributed by atoms with E-state index in [2.05, 4.69) is 15.9 Å². The monoisotopic (exact) mass is 395 g/mol. The molecule has 0 aromatic heterocycles. The lowest BCUT2D eigenvalue weighted by atomic mass is 10.2. The number of hydrogen-bond donors (Lipinski definition) is 1. The molecule has 0 fully saturated rings. The summed E-state index contributed by atoms with van der Waals surface area (Å²) in [5, 5.41) is 0. The average Bonchev–Trinajstić information content (AvgIpc) is 2.54. The van der Waals surface area contributed by atoms with E-state index < -0.39 is 0 Å². The molecule has 4 nitrogen and oxygen atoms in total. The summed E-state index contributed by atoms with van der Waals surface area (Å²) in [5.41, 5.74) is 6.39. The first kappa shape index (κ1) is 17.6. The Morgan fingerprint density at radius 2 is 1.61 bits per heavy atom. The summed E-state index contributed by atoms with van der Waals surface area (Å²) in [6, 6.07) is 13.1. The van der Waals surface area contributed by atoms with E-state index in [1.54, 1.807) is 0 Å². The lowest BCUT2D eigenvalue weighted by Crippen LogP contribution is -2.11. The van der Waals surface area contributed by atoms with E-state index in [1.807, 2.05) is 49.4 Å². The normalized spacial score (nSPS) is 10.2. The van der Waals surface area contributed by atoms with Gasteiger partial charge in [0.1, 0.15) is 24.0 Å². The van der Waals surface area contributed by atoms with Gasteiger partial charge in [0.15, 0.2) is 11.5 Å². The Balaban J connectivity index is 1.87. The molecule has 122 valence electrons. The van der Waals surface area contributed by atoms with Crippen molar-refractivity contribution >= 4 is 33.1 Å². The molecule has 0 radical (unpaired) electrons. The highest BCUT2D eigenvalue weighted by Gasteiger charge is 2.06. The van der Waals surface area contributed by atoms with Gasteiger partial charge >= 0.3 is 0 Å². The first-order valence-electron chi connectivity index (χ1n) is 7.18. The molecule has 0 bridgehead atoms. The van der Waals surface area contributed by atoms with Gasteiger partial charge < -0.3 is 19.9 Å². The Kier molecular flexibility index (Phi) is 6.67. The van der Waals surface area contributed by atoms with E-state index in [0.29, 0.717) is 36.3 Å². The summed E-state index contributed by atoms with van der Waals surface area (Å²) in [6.07, 6.45) is 0. The van der Waals surface area contributed by atoms with E-state index in [-0.39, 0.29) is 0 Å². The number of rotatable bonds is 8. The summed E-state index contributed by atoms with van der Waals surface area (Å²) in [5.74, 6) is 2.16. The van der Waals surface area contributed by atoms with Gasteiger partial charge in [0.25, 0.3) is 0 Å². The molecule has 2 aromatic rings. The van der Waals surface area contributed by atoms with Crippen LogP contribution in [0.25, 0.3) is 0 Å². The fourth-order valence-corrected chi connectivity index (χ4v) is 2.54. The third-order valence-electron chi connectivity index (χ3n) is 2.96. The van der Waals surface area contributed by atoms with Crippen molar-refractivity contribution in [1.82, 2.24) is 0 Å². The highest BCUT2D eigenvalue weighted by molar-refractivity contribution is 9.10. The van der Waals surface area contributed by atoms with Crippen molar-refractivity contribution in [2.45, 2.75) is 6.92 Å². The number of hydrogen-bond acceptors (Lipinski definition) is 4. The molecule has 0 saturated heterocycles. The number of ether oxygens (including phenoxy) is 3. The minimum atomic E-state index is 0.355. The van der Waals surface area contributed by atoms with Crippen molar-refractivity contribution in [3.05, 3.63) is 52.5 Å². The third-order valence-corrected chi connectivity index (χ3v) is 3.82. The zero-order valence-electron chi connectivity index (χ0n) is 12.8. The largest absolute Gasteiger partial charge is 0.490 e. The molecular weight excluding hydrogens is 378 g/mol. The van der Waals surface area contributed by atoms with Crippen LogP contribution in [-0.2, 0) is 0 Å². The van der Waals surface area contributed by atoms with Crippen LogP contribution in [0.5, 0.6) is 17.2 Å². The molecule has 0 atom stereocenters. The van der Waals surface area contributed by atoms with Crippen LogP contribution >= 0.6 is 28.1 Å². The highest BCUT2D eigenvalue weighted by atomic mass is 79.9. The van der Waals surface area contributed by atoms with Crippen molar-refractivity contribution in [3.8, 4) is 17.2 Å². The highest BCUT2D eigenvalue weighted by Crippen LogP contribution is 2.27. The van der Waals surface area contributed by atoms with Crippen LogP contribution in [0.1, 0.15) is 12.5 Å². The second-order valence-electron chi connectivity index (χ2n) is 4.59. The van der Waals surface area contributed by atoms with Gasteiger partial charge in [0, 0.05) is 5.56 Å². The zero-order valence-corrected chi connectivity index (χ0v) is 15.2. The van der Waals surface area contributed by atoms with Crippen LogP contribution in [-0.4, -0.2) is 24.8 Å². The van der Waals surface area contributed by atoms with Crippen LogP contribution in [0.3, 0.4) is 0 Å². The van der Waals surface area contributed by atoms with Gasteiger partial charge in [-0.05, 0) is 53.2 Å². The van der Waals surface area contributed by atoms with Crippen molar-refractivity contribution in [3.63, 3.8) is 0 Å². The van der Waals surface area contributed by atoms with Crippen molar-refractivity contribution in [2.24, 2.45) is 5.73 Å². The number of benzene rings is 2. The molecule has 23 heavy (non-hydrogen) atoms. The van der Waals surface area contributed by atoms with Crippen LogP contribution in [0.4, 0.5) is 0 Å². The van der Waals surface area contributed by atoms with E-state index in [1.165, 1.54) is 0 Å². The van der Waals surface area contributed by atoms with Gasteiger partial charge in [-0.25, -0.2) is 0 Å². The number of thiocarbonyl (C=S) groups is 1. The van der Waals surface area contributed by atoms with Crippen LogP contribution in [0, 0.1) is 0 Å².